The van der Waals surface area contributed by atoms with E-state index >= 15 is 0 Å². The van der Waals surface area contributed by atoms with E-state index in [0.29, 0.717) is 17.4 Å². The van der Waals surface area contributed by atoms with E-state index in [2.05, 4.69) is 0 Å². The van der Waals surface area contributed by atoms with E-state index in [1.807, 2.05) is 19.1 Å². The molecule has 1 atom stereocenters. The second kappa shape index (κ2) is 9.22. The summed E-state index contributed by atoms with van der Waals surface area (Å²) in [5.41, 5.74) is 0.878. The quantitative estimate of drug-likeness (QED) is 0.611. The van der Waals surface area contributed by atoms with Gasteiger partial charge in [0.25, 0.3) is 0 Å². The molecule has 2 saturated carbocycles. The van der Waals surface area contributed by atoms with Crippen LogP contribution >= 0.6 is 0 Å². The van der Waals surface area contributed by atoms with Crippen LogP contribution in [0.1, 0.15) is 82.6 Å². The maximum Gasteiger partial charge on any atom is 0.313 e. The highest BCUT2D eigenvalue weighted by Crippen LogP contribution is 2.36. The van der Waals surface area contributed by atoms with Crippen molar-refractivity contribution in [3.8, 4) is 0 Å². The molecule has 0 spiro atoms. The number of esters is 1. The van der Waals surface area contributed by atoms with Gasteiger partial charge in [-0.2, -0.15) is 0 Å². The third-order valence-electron chi connectivity index (χ3n) is 6.22. The first-order valence-electron chi connectivity index (χ1n) is 10.5. The van der Waals surface area contributed by atoms with Crippen molar-refractivity contribution in [1.82, 2.24) is 0 Å². The van der Waals surface area contributed by atoms with Crippen LogP contribution in [0.15, 0.2) is 29.2 Å². The molecule has 1 aromatic carbocycles. The summed E-state index contributed by atoms with van der Waals surface area (Å²) in [6.45, 7) is 2.19. The van der Waals surface area contributed by atoms with E-state index in [0.717, 1.165) is 44.1 Å². The van der Waals surface area contributed by atoms with Gasteiger partial charge in [-0.05, 0) is 49.8 Å². The zero-order chi connectivity index (χ0) is 19.3. The summed E-state index contributed by atoms with van der Waals surface area (Å²) >= 11 is 0. The molecule has 0 saturated heterocycles. The third kappa shape index (κ3) is 4.92. The van der Waals surface area contributed by atoms with Crippen LogP contribution in [0.25, 0.3) is 0 Å². The second-order valence-corrected chi connectivity index (χ2v) is 10.3. The summed E-state index contributed by atoms with van der Waals surface area (Å²) in [5.74, 6) is 0.0804. The number of ether oxygens (including phenoxy) is 1. The molecule has 0 bridgehead atoms. The maximum absolute atomic E-state index is 12.9. The summed E-state index contributed by atoms with van der Waals surface area (Å²) in [6, 6.07) is 7.04. The van der Waals surface area contributed by atoms with Gasteiger partial charge in [0.15, 0.2) is 9.84 Å². The number of sulfone groups is 1. The largest absolute Gasteiger partial charge is 0.466 e. The summed E-state index contributed by atoms with van der Waals surface area (Å²) in [5, 5.41) is -0.253. The highest BCUT2D eigenvalue weighted by molar-refractivity contribution is 7.92. The van der Waals surface area contributed by atoms with Crippen LogP contribution in [0.3, 0.4) is 0 Å². The average molecular weight is 393 g/mol. The normalized spacial score (nSPS) is 20.5. The van der Waals surface area contributed by atoms with Crippen LogP contribution in [0, 0.1) is 5.92 Å². The Morgan fingerprint density at radius 1 is 1.00 bits per heavy atom. The van der Waals surface area contributed by atoms with Crippen molar-refractivity contribution < 1.29 is 17.9 Å². The molecule has 0 heterocycles. The minimum Gasteiger partial charge on any atom is -0.466 e. The standard InChI is InChI=1S/C22H32O4S/c1-2-26-22(23)21(16-17-8-6-7-9-17)18-12-14-20(15-13-18)27(24,25)19-10-4-3-5-11-19/h12-15,17,19,21H,2-11,16H2,1H3. The number of carbonyl (C=O) groups excluding carboxylic acids is 1. The fraction of sp³-hybridized carbons (Fsp3) is 0.682. The van der Waals surface area contributed by atoms with Gasteiger partial charge < -0.3 is 4.74 Å². The fourth-order valence-electron chi connectivity index (χ4n) is 4.65. The molecule has 0 radical (unpaired) electrons. The lowest BCUT2D eigenvalue weighted by atomic mass is 9.88. The van der Waals surface area contributed by atoms with Gasteiger partial charge in [0.2, 0.25) is 0 Å². The fourth-order valence-corrected chi connectivity index (χ4v) is 6.50. The Morgan fingerprint density at radius 3 is 2.19 bits per heavy atom. The lowest BCUT2D eigenvalue weighted by Crippen LogP contribution is -2.24. The predicted molar refractivity (Wildman–Crippen MR) is 106 cm³/mol. The van der Waals surface area contributed by atoms with E-state index in [4.69, 9.17) is 4.74 Å². The molecule has 2 fully saturated rings. The van der Waals surface area contributed by atoms with E-state index in [9.17, 15) is 13.2 Å². The zero-order valence-electron chi connectivity index (χ0n) is 16.4. The van der Waals surface area contributed by atoms with Crippen molar-refractivity contribution in [3.05, 3.63) is 29.8 Å². The predicted octanol–water partition coefficient (Wildman–Crippen LogP) is 5.02. The Hall–Kier alpha value is -1.36. The smallest absolute Gasteiger partial charge is 0.313 e. The molecule has 0 N–H and O–H groups in total. The summed E-state index contributed by atoms with van der Waals surface area (Å²) in [6.07, 6.45) is 10.3. The number of rotatable bonds is 7. The average Bonchev–Trinajstić information content (AvgIpc) is 3.20. The monoisotopic (exact) mass is 392 g/mol. The molecule has 2 aliphatic carbocycles. The molecular formula is C22H32O4S. The molecule has 3 rings (SSSR count). The molecular weight excluding hydrogens is 360 g/mol. The minimum atomic E-state index is -3.27. The number of carbonyl (C=O) groups is 1. The van der Waals surface area contributed by atoms with Gasteiger partial charge >= 0.3 is 5.97 Å². The third-order valence-corrected chi connectivity index (χ3v) is 8.50. The van der Waals surface area contributed by atoms with Gasteiger partial charge in [0, 0.05) is 0 Å². The van der Waals surface area contributed by atoms with Crippen LogP contribution in [-0.4, -0.2) is 26.2 Å². The molecule has 1 aromatic rings. The van der Waals surface area contributed by atoms with Crippen molar-refractivity contribution in [1.29, 1.82) is 0 Å². The molecule has 5 heteroatoms. The first-order valence-corrected chi connectivity index (χ1v) is 12.1. The summed E-state index contributed by atoms with van der Waals surface area (Å²) < 4.78 is 31.1. The molecule has 2 aliphatic rings. The lowest BCUT2D eigenvalue weighted by Gasteiger charge is -2.23. The Labute approximate surface area is 163 Å². The zero-order valence-corrected chi connectivity index (χ0v) is 17.2. The van der Waals surface area contributed by atoms with Gasteiger partial charge in [0.1, 0.15) is 0 Å². The molecule has 1 unspecified atom stereocenters. The number of benzene rings is 1. The number of hydrogen-bond acceptors (Lipinski definition) is 4. The van der Waals surface area contributed by atoms with E-state index in [1.165, 1.54) is 25.7 Å². The SMILES string of the molecule is CCOC(=O)C(CC1CCCC1)c1ccc(S(=O)(=O)C2CCCCC2)cc1. The Bertz CT molecular complexity index is 711. The van der Waals surface area contributed by atoms with Crippen LogP contribution in [0.4, 0.5) is 0 Å². The van der Waals surface area contributed by atoms with Gasteiger partial charge in [-0.25, -0.2) is 8.42 Å². The minimum absolute atomic E-state index is 0.188. The van der Waals surface area contributed by atoms with Crippen LogP contribution in [-0.2, 0) is 19.4 Å². The van der Waals surface area contributed by atoms with Crippen molar-refractivity contribution >= 4 is 15.8 Å². The van der Waals surface area contributed by atoms with Crippen LogP contribution in [0.5, 0.6) is 0 Å². The molecule has 150 valence electrons. The van der Waals surface area contributed by atoms with Crippen molar-refractivity contribution in [2.24, 2.45) is 5.92 Å². The highest BCUT2D eigenvalue weighted by atomic mass is 32.2. The van der Waals surface area contributed by atoms with Crippen LogP contribution < -0.4 is 0 Å². The van der Waals surface area contributed by atoms with Gasteiger partial charge in [0.05, 0.1) is 22.7 Å². The number of hydrogen-bond donors (Lipinski definition) is 0. The Balaban J connectivity index is 1.78. The van der Waals surface area contributed by atoms with Gasteiger partial charge in [-0.3, -0.25) is 4.79 Å². The van der Waals surface area contributed by atoms with E-state index in [1.54, 1.807) is 12.1 Å². The van der Waals surface area contributed by atoms with Gasteiger partial charge in [-0.15, -0.1) is 0 Å². The first-order chi connectivity index (χ1) is 13.0. The molecule has 0 aromatic heterocycles. The molecule has 27 heavy (non-hydrogen) atoms. The summed E-state index contributed by atoms with van der Waals surface area (Å²) in [4.78, 5) is 12.9. The highest BCUT2D eigenvalue weighted by Gasteiger charge is 2.31. The molecule has 0 aliphatic heterocycles. The molecule has 4 nitrogen and oxygen atoms in total. The molecule has 0 amide bonds. The van der Waals surface area contributed by atoms with Crippen LogP contribution in [0.2, 0.25) is 0 Å². The van der Waals surface area contributed by atoms with Gasteiger partial charge in [-0.1, -0.05) is 57.1 Å². The van der Waals surface area contributed by atoms with Crippen molar-refractivity contribution in [2.75, 3.05) is 6.61 Å². The Kier molecular flexibility index (Phi) is 6.96. The van der Waals surface area contributed by atoms with Crippen molar-refractivity contribution in [3.63, 3.8) is 0 Å². The topological polar surface area (TPSA) is 60.4 Å². The van der Waals surface area contributed by atoms with E-state index in [-0.39, 0.29) is 17.1 Å². The van der Waals surface area contributed by atoms with E-state index < -0.39 is 9.84 Å². The Morgan fingerprint density at radius 2 is 1.59 bits per heavy atom. The summed E-state index contributed by atoms with van der Waals surface area (Å²) in [7, 11) is -3.27. The second-order valence-electron chi connectivity index (χ2n) is 8.06. The maximum atomic E-state index is 12.9. The van der Waals surface area contributed by atoms with Crippen molar-refractivity contribution in [2.45, 2.75) is 87.2 Å². The first kappa shape index (κ1) is 20.4. The lowest BCUT2D eigenvalue weighted by molar-refractivity contribution is -0.145.